The van der Waals surface area contributed by atoms with Crippen molar-refractivity contribution in [3.63, 3.8) is 0 Å². The third-order valence-electron chi connectivity index (χ3n) is 5.13. The Balaban J connectivity index is 2.49. The van der Waals surface area contributed by atoms with Crippen LogP contribution in [-0.4, -0.2) is 34.8 Å². The molecule has 25 heavy (non-hydrogen) atoms. The molecule has 3 rings (SSSR count). The van der Waals surface area contributed by atoms with E-state index in [0.29, 0.717) is 23.4 Å². The Kier molecular flexibility index (Phi) is 4.32. The van der Waals surface area contributed by atoms with E-state index < -0.39 is 5.69 Å². The monoisotopic (exact) mass is 347 g/mol. The number of aliphatic hydroxyl groups is 1. The van der Waals surface area contributed by atoms with Gasteiger partial charge in [-0.3, -0.25) is 18.3 Å². The van der Waals surface area contributed by atoms with Crippen molar-refractivity contribution in [3.05, 3.63) is 32.2 Å². The minimum Gasteiger partial charge on any atom is -0.396 e. The van der Waals surface area contributed by atoms with E-state index in [1.807, 2.05) is 18.2 Å². The van der Waals surface area contributed by atoms with E-state index in [1.54, 1.807) is 7.05 Å². The smallest absolute Gasteiger partial charge is 0.332 e. The van der Waals surface area contributed by atoms with E-state index in [9.17, 15) is 9.59 Å². The lowest BCUT2D eigenvalue weighted by atomic mass is 10.2. The van der Waals surface area contributed by atoms with Gasteiger partial charge in [-0.1, -0.05) is 6.92 Å². The summed E-state index contributed by atoms with van der Waals surface area (Å²) in [6.45, 7) is 8.33. The van der Waals surface area contributed by atoms with Crippen LogP contribution in [0.15, 0.2) is 9.59 Å². The molecule has 0 aromatic carbocycles. The van der Waals surface area contributed by atoms with Gasteiger partial charge in [-0.15, -0.1) is 0 Å². The lowest BCUT2D eigenvalue weighted by molar-refractivity contribution is 0.277. The molecular formula is C17H25N5O3. The first-order chi connectivity index (χ1) is 11.8. The summed E-state index contributed by atoms with van der Waals surface area (Å²) in [6.07, 6.45) is 1.29. The summed E-state index contributed by atoms with van der Waals surface area (Å²) >= 11 is 0. The molecule has 3 aromatic rings. The molecule has 0 saturated carbocycles. The van der Waals surface area contributed by atoms with Crippen molar-refractivity contribution in [1.82, 2.24) is 23.1 Å². The zero-order chi connectivity index (χ0) is 18.5. The molecular weight excluding hydrogens is 322 g/mol. The fourth-order valence-corrected chi connectivity index (χ4v) is 3.41. The average molecular weight is 347 g/mol. The van der Waals surface area contributed by atoms with E-state index in [0.717, 1.165) is 17.8 Å². The minimum atomic E-state index is -0.406. The highest BCUT2D eigenvalue weighted by atomic mass is 16.3. The number of aromatic nitrogens is 5. The first kappa shape index (κ1) is 17.5. The van der Waals surface area contributed by atoms with Crippen LogP contribution in [0.4, 0.5) is 0 Å². The number of aryl methyl sites for hydroxylation is 2. The zero-order valence-electron chi connectivity index (χ0n) is 15.4. The van der Waals surface area contributed by atoms with Crippen LogP contribution in [0.1, 0.15) is 44.1 Å². The molecule has 136 valence electrons. The Morgan fingerprint density at radius 3 is 2.48 bits per heavy atom. The van der Waals surface area contributed by atoms with Crippen molar-refractivity contribution >= 4 is 16.9 Å². The van der Waals surface area contributed by atoms with Gasteiger partial charge in [0.25, 0.3) is 5.56 Å². The SMILES string of the molecule is CC[C@H](C)n1c(C)c(C)n2c3c(=O)n(CCCO)c(=O)n(C)c3nc12. The number of fused-ring (bicyclic) bond motifs is 3. The molecule has 0 spiro atoms. The standard InChI is InChI=1S/C17H25N5O3/c1-6-10(2)21-11(3)12(4)22-13-14(18-16(21)22)19(5)17(25)20(15(13)24)8-7-9-23/h10,23H,6-9H2,1-5H3/t10-/m0/s1. The van der Waals surface area contributed by atoms with Crippen LogP contribution >= 0.6 is 0 Å². The molecule has 0 unspecified atom stereocenters. The van der Waals surface area contributed by atoms with E-state index in [-0.39, 0.29) is 24.8 Å². The molecule has 0 amide bonds. The average Bonchev–Trinajstić information content (AvgIpc) is 3.09. The molecule has 1 atom stereocenters. The number of imidazole rings is 2. The van der Waals surface area contributed by atoms with E-state index >= 15 is 0 Å². The summed E-state index contributed by atoms with van der Waals surface area (Å²) in [5.74, 6) is 0.686. The van der Waals surface area contributed by atoms with Gasteiger partial charge in [-0.05, 0) is 33.6 Å². The second-order valence-electron chi connectivity index (χ2n) is 6.59. The maximum Gasteiger partial charge on any atom is 0.332 e. The van der Waals surface area contributed by atoms with Gasteiger partial charge in [-0.25, -0.2) is 4.79 Å². The Morgan fingerprint density at radius 2 is 1.88 bits per heavy atom. The quantitative estimate of drug-likeness (QED) is 0.749. The van der Waals surface area contributed by atoms with Crippen LogP contribution in [0.3, 0.4) is 0 Å². The summed E-state index contributed by atoms with van der Waals surface area (Å²) in [5.41, 5.74) is 2.05. The summed E-state index contributed by atoms with van der Waals surface area (Å²) in [6, 6.07) is 0.238. The van der Waals surface area contributed by atoms with Gasteiger partial charge in [0.2, 0.25) is 5.78 Å². The van der Waals surface area contributed by atoms with Gasteiger partial charge in [-0.2, -0.15) is 4.98 Å². The van der Waals surface area contributed by atoms with Crippen molar-refractivity contribution in [2.24, 2.45) is 7.05 Å². The summed E-state index contributed by atoms with van der Waals surface area (Å²) < 4.78 is 6.57. The van der Waals surface area contributed by atoms with E-state index in [4.69, 9.17) is 5.11 Å². The Morgan fingerprint density at radius 1 is 1.20 bits per heavy atom. The second kappa shape index (κ2) is 6.18. The molecule has 0 radical (unpaired) electrons. The van der Waals surface area contributed by atoms with Crippen molar-refractivity contribution in [2.75, 3.05) is 6.61 Å². The van der Waals surface area contributed by atoms with Crippen LogP contribution in [0.5, 0.6) is 0 Å². The number of nitrogens with zero attached hydrogens (tertiary/aromatic N) is 5. The number of hydrogen-bond donors (Lipinski definition) is 1. The first-order valence-corrected chi connectivity index (χ1v) is 8.65. The molecule has 3 heterocycles. The van der Waals surface area contributed by atoms with Crippen molar-refractivity contribution in [3.8, 4) is 0 Å². The van der Waals surface area contributed by atoms with Gasteiger partial charge in [0.15, 0.2) is 11.2 Å². The highest BCUT2D eigenvalue weighted by molar-refractivity contribution is 5.76. The van der Waals surface area contributed by atoms with E-state index in [2.05, 4.69) is 23.4 Å². The molecule has 0 aliphatic heterocycles. The predicted octanol–water partition coefficient (Wildman–Crippen LogP) is 1.12. The van der Waals surface area contributed by atoms with Crippen LogP contribution in [-0.2, 0) is 13.6 Å². The van der Waals surface area contributed by atoms with Crippen LogP contribution < -0.4 is 11.2 Å². The molecule has 0 fully saturated rings. The van der Waals surface area contributed by atoms with Gasteiger partial charge in [0.05, 0.1) is 0 Å². The second-order valence-corrected chi connectivity index (χ2v) is 6.59. The van der Waals surface area contributed by atoms with Crippen LogP contribution in [0.25, 0.3) is 16.9 Å². The zero-order valence-corrected chi connectivity index (χ0v) is 15.4. The summed E-state index contributed by atoms with van der Waals surface area (Å²) in [7, 11) is 1.63. The molecule has 3 aromatic heterocycles. The third kappa shape index (κ3) is 2.35. The lowest BCUT2D eigenvalue weighted by Crippen LogP contribution is -2.39. The van der Waals surface area contributed by atoms with Crippen molar-refractivity contribution in [1.29, 1.82) is 0 Å². The van der Waals surface area contributed by atoms with Gasteiger partial charge >= 0.3 is 5.69 Å². The molecule has 1 N–H and O–H groups in total. The highest BCUT2D eigenvalue weighted by Crippen LogP contribution is 2.25. The van der Waals surface area contributed by atoms with Crippen molar-refractivity contribution < 1.29 is 5.11 Å². The largest absolute Gasteiger partial charge is 0.396 e. The van der Waals surface area contributed by atoms with E-state index in [1.165, 1.54) is 9.13 Å². The molecule has 0 aliphatic carbocycles. The topological polar surface area (TPSA) is 86.5 Å². The molecule has 8 nitrogen and oxygen atoms in total. The number of aliphatic hydroxyl groups excluding tert-OH is 1. The molecule has 8 heteroatoms. The molecule has 0 bridgehead atoms. The third-order valence-corrected chi connectivity index (χ3v) is 5.13. The maximum atomic E-state index is 13.0. The minimum absolute atomic E-state index is 0.0715. The number of rotatable bonds is 5. The van der Waals surface area contributed by atoms with Crippen molar-refractivity contribution in [2.45, 2.75) is 53.1 Å². The van der Waals surface area contributed by atoms with Crippen LogP contribution in [0.2, 0.25) is 0 Å². The summed E-state index contributed by atoms with van der Waals surface area (Å²) in [4.78, 5) is 30.2. The van der Waals surface area contributed by atoms with Crippen LogP contribution in [0, 0.1) is 13.8 Å². The van der Waals surface area contributed by atoms with Gasteiger partial charge < -0.3 is 9.67 Å². The fourth-order valence-electron chi connectivity index (χ4n) is 3.41. The first-order valence-electron chi connectivity index (χ1n) is 8.65. The predicted molar refractivity (Wildman–Crippen MR) is 96.4 cm³/mol. The van der Waals surface area contributed by atoms with Gasteiger partial charge in [0.1, 0.15) is 0 Å². The molecule has 0 saturated heterocycles. The normalized spacial score (nSPS) is 13.2. The molecule has 0 aliphatic rings. The Hall–Kier alpha value is -2.35. The highest BCUT2D eigenvalue weighted by Gasteiger charge is 2.23. The Labute approximate surface area is 144 Å². The lowest BCUT2D eigenvalue weighted by Gasteiger charge is -2.13. The Bertz CT molecular complexity index is 1070. The van der Waals surface area contributed by atoms with Gasteiger partial charge in [0, 0.05) is 37.6 Å². The maximum absolute atomic E-state index is 13.0. The fraction of sp³-hybridized carbons (Fsp3) is 0.588. The summed E-state index contributed by atoms with van der Waals surface area (Å²) in [5, 5.41) is 9.05. The number of hydrogen-bond acceptors (Lipinski definition) is 4.